The molecule has 74 valence electrons. The van der Waals surface area contributed by atoms with Crippen LogP contribution in [-0.2, 0) is 0 Å². The Bertz CT molecular complexity index is 333. The van der Waals surface area contributed by atoms with Crippen molar-refractivity contribution in [2.24, 2.45) is 0 Å². The molecule has 1 rings (SSSR count). The van der Waals surface area contributed by atoms with Crippen molar-refractivity contribution in [2.75, 3.05) is 38.0 Å². The summed E-state index contributed by atoms with van der Waals surface area (Å²) in [5.74, 6) is 2.66. The third-order valence-corrected chi connectivity index (χ3v) is 2.10. The molecule has 0 aliphatic rings. The Balaban J connectivity index is 3.22. The van der Waals surface area contributed by atoms with E-state index in [1.165, 1.54) is 0 Å². The molecule has 0 aliphatic heterocycles. The summed E-state index contributed by atoms with van der Waals surface area (Å²) in [4.78, 5) is 4.10. The van der Waals surface area contributed by atoms with Crippen LogP contribution in [0.5, 0.6) is 0 Å². The Morgan fingerprint density at radius 3 is 1.64 bits per heavy atom. The Labute approximate surface area is 86.1 Å². The summed E-state index contributed by atoms with van der Waals surface area (Å²) in [5.41, 5.74) is 3.17. The Hall–Kier alpha value is -1.62. The predicted octanol–water partition coefficient (Wildman–Crippen LogP) is 1.80. The molecular formula is C12H16N2. The van der Waals surface area contributed by atoms with E-state index < -0.39 is 0 Å². The van der Waals surface area contributed by atoms with Gasteiger partial charge >= 0.3 is 0 Å². The fraction of sp³-hybridized carbons (Fsp3) is 0.333. The number of rotatable bonds is 2. The molecule has 2 nitrogen and oxygen atoms in total. The number of terminal acetylenes is 1. The molecule has 0 N–H and O–H groups in total. The molecule has 0 radical (unpaired) electrons. The Morgan fingerprint density at radius 1 is 0.929 bits per heavy atom. The average molecular weight is 188 g/mol. The van der Waals surface area contributed by atoms with Crippen LogP contribution in [0.1, 0.15) is 5.56 Å². The first-order valence-corrected chi connectivity index (χ1v) is 4.51. The molecule has 0 atom stereocenters. The molecule has 0 unspecified atom stereocenters. The van der Waals surface area contributed by atoms with Crippen LogP contribution in [0.4, 0.5) is 11.4 Å². The monoisotopic (exact) mass is 188 g/mol. The topological polar surface area (TPSA) is 6.48 Å². The van der Waals surface area contributed by atoms with Gasteiger partial charge in [0.25, 0.3) is 0 Å². The van der Waals surface area contributed by atoms with Gasteiger partial charge in [-0.2, -0.15) is 0 Å². The average Bonchev–Trinajstić information content (AvgIpc) is 2.16. The van der Waals surface area contributed by atoms with Gasteiger partial charge in [0, 0.05) is 45.1 Å². The van der Waals surface area contributed by atoms with Crippen molar-refractivity contribution in [3.05, 3.63) is 23.8 Å². The largest absolute Gasteiger partial charge is 0.378 e. The minimum atomic E-state index is 0.917. The van der Waals surface area contributed by atoms with Crippen LogP contribution in [-0.4, -0.2) is 28.2 Å². The van der Waals surface area contributed by atoms with Crippen molar-refractivity contribution >= 4 is 11.4 Å². The smallest absolute Gasteiger partial charge is 0.0394 e. The molecule has 0 aromatic heterocycles. The number of anilines is 2. The molecule has 0 bridgehead atoms. The standard InChI is InChI=1S/C12H16N2/c1-6-10-7-11(13(2)3)9-12(8-10)14(4)5/h1,7-9H,2-5H3. The van der Waals surface area contributed by atoms with Gasteiger partial charge in [0.1, 0.15) is 0 Å². The SMILES string of the molecule is C#Cc1cc(N(C)C)cc(N(C)C)c1. The van der Waals surface area contributed by atoms with Crippen molar-refractivity contribution in [3.63, 3.8) is 0 Å². The van der Waals surface area contributed by atoms with Gasteiger partial charge < -0.3 is 9.80 Å². The van der Waals surface area contributed by atoms with Gasteiger partial charge in [-0.3, -0.25) is 0 Å². The van der Waals surface area contributed by atoms with Crippen LogP contribution in [0.2, 0.25) is 0 Å². The zero-order valence-electron chi connectivity index (χ0n) is 9.20. The second-order valence-corrected chi connectivity index (χ2v) is 3.67. The first-order chi connectivity index (χ1) is 6.54. The van der Waals surface area contributed by atoms with Crippen LogP contribution in [0.15, 0.2) is 18.2 Å². The van der Waals surface area contributed by atoms with Crippen molar-refractivity contribution in [2.45, 2.75) is 0 Å². The predicted molar refractivity (Wildman–Crippen MR) is 63.0 cm³/mol. The molecule has 0 saturated carbocycles. The molecular weight excluding hydrogens is 172 g/mol. The number of hydrogen-bond donors (Lipinski definition) is 0. The van der Waals surface area contributed by atoms with E-state index in [4.69, 9.17) is 6.42 Å². The Kier molecular flexibility index (Phi) is 3.03. The van der Waals surface area contributed by atoms with E-state index >= 15 is 0 Å². The Morgan fingerprint density at radius 2 is 1.36 bits per heavy atom. The fourth-order valence-corrected chi connectivity index (χ4v) is 1.19. The molecule has 1 aromatic carbocycles. The van der Waals surface area contributed by atoms with E-state index in [0.29, 0.717) is 0 Å². The summed E-state index contributed by atoms with van der Waals surface area (Å²) < 4.78 is 0. The summed E-state index contributed by atoms with van der Waals surface area (Å²) in [6.07, 6.45) is 5.40. The van der Waals surface area contributed by atoms with E-state index in [0.717, 1.165) is 16.9 Å². The number of nitrogens with zero attached hydrogens (tertiary/aromatic N) is 2. The molecule has 0 heterocycles. The van der Waals surface area contributed by atoms with Crippen LogP contribution in [0, 0.1) is 12.3 Å². The van der Waals surface area contributed by atoms with E-state index in [-0.39, 0.29) is 0 Å². The minimum absolute atomic E-state index is 0.917. The molecule has 14 heavy (non-hydrogen) atoms. The zero-order chi connectivity index (χ0) is 10.7. The highest BCUT2D eigenvalue weighted by Crippen LogP contribution is 2.22. The zero-order valence-corrected chi connectivity index (χ0v) is 9.20. The van der Waals surface area contributed by atoms with Gasteiger partial charge in [-0.25, -0.2) is 0 Å². The van der Waals surface area contributed by atoms with Gasteiger partial charge in [0.05, 0.1) is 0 Å². The molecule has 0 aliphatic carbocycles. The first-order valence-electron chi connectivity index (χ1n) is 4.51. The quantitative estimate of drug-likeness (QED) is 0.653. The molecule has 0 amide bonds. The summed E-state index contributed by atoms with van der Waals surface area (Å²) in [7, 11) is 8.04. The van der Waals surface area contributed by atoms with Crippen molar-refractivity contribution < 1.29 is 0 Å². The third kappa shape index (κ3) is 2.20. The highest BCUT2D eigenvalue weighted by atomic mass is 15.1. The lowest BCUT2D eigenvalue weighted by atomic mass is 10.1. The van der Waals surface area contributed by atoms with Crippen molar-refractivity contribution in [1.82, 2.24) is 0 Å². The molecule has 1 aromatic rings. The molecule has 0 saturated heterocycles. The van der Waals surface area contributed by atoms with Crippen LogP contribution in [0.25, 0.3) is 0 Å². The van der Waals surface area contributed by atoms with E-state index in [2.05, 4.69) is 12.0 Å². The maximum absolute atomic E-state index is 5.40. The van der Waals surface area contributed by atoms with Crippen LogP contribution < -0.4 is 9.80 Å². The highest BCUT2D eigenvalue weighted by molar-refractivity contribution is 5.63. The lowest BCUT2D eigenvalue weighted by molar-refractivity contribution is 1.10. The van der Waals surface area contributed by atoms with Gasteiger partial charge in [-0.15, -0.1) is 6.42 Å². The molecule has 0 fully saturated rings. The normalized spacial score (nSPS) is 9.36. The van der Waals surface area contributed by atoms with Gasteiger partial charge in [-0.05, 0) is 18.2 Å². The minimum Gasteiger partial charge on any atom is -0.378 e. The van der Waals surface area contributed by atoms with Gasteiger partial charge in [0.15, 0.2) is 0 Å². The third-order valence-electron chi connectivity index (χ3n) is 2.10. The van der Waals surface area contributed by atoms with Gasteiger partial charge in [0.2, 0.25) is 0 Å². The van der Waals surface area contributed by atoms with Crippen molar-refractivity contribution in [3.8, 4) is 12.3 Å². The summed E-state index contributed by atoms with van der Waals surface area (Å²) in [5, 5.41) is 0. The molecule has 2 heteroatoms. The van der Waals surface area contributed by atoms with E-state index in [1.807, 2.05) is 50.1 Å². The van der Waals surface area contributed by atoms with Crippen LogP contribution in [0.3, 0.4) is 0 Å². The second kappa shape index (κ2) is 4.06. The summed E-state index contributed by atoms with van der Waals surface area (Å²) >= 11 is 0. The van der Waals surface area contributed by atoms with Crippen molar-refractivity contribution in [1.29, 1.82) is 0 Å². The van der Waals surface area contributed by atoms with Crippen LogP contribution >= 0.6 is 0 Å². The first kappa shape index (κ1) is 10.5. The second-order valence-electron chi connectivity index (χ2n) is 3.67. The maximum Gasteiger partial charge on any atom is 0.0394 e. The van der Waals surface area contributed by atoms with E-state index in [9.17, 15) is 0 Å². The fourth-order valence-electron chi connectivity index (χ4n) is 1.19. The van der Waals surface area contributed by atoms with E-state index in [1.54, 1.807) is 0 Å². The van der Waals surface area contributed by atoms with Gasteiger partial charge in [-0.1, -0.05) is 5.92 Å². The number of benzene rings is 1. The highest BCUT2D eigenvalue weighted by Gasteiger charge is 2.02. The number of hydrogen-bond acceptors (Lipinski definition) is 2. The molecule has 0 spiro atoms. The maximum atomic E-state index is 5.40. The lowest BCUT2D eigenvalue weighted by Crippen LogP contribution is -2.12. The summed E-state index contributed by atoms with van der Waals surface area (Å²) in [6, 6.07) is 6.13. The lowest BCUT2D eigenvalue weighted by Gasteiger charge is -2.18. The summed E-state index contributed by atoms with van der Waals surface area (Å²) in [6.45, 7) is 0.